The molecule has 5 heteroatoms. The molecule has 15 heavy (non-hydrogen) atoms. The van der Waals surface area contributed by atoms with Gasteiger partial charge in [-0.15, -0.1) is 0 Å². The molecule has 4 nitrogen and oxygen atoms in total. The molecule has 0 N–H and O–H groups in total. The van der Waals surface area contributed by atoms with Gasteiger partial charge in [-0.05, 0) is 6.42 Å². The lowest BCUT2D eigenvalue weighted by Gasteiger charge is -2.27. The van der Waals surface area contributed by atoms with Crippen molar-refractivity contribution in [1.29, 1.82) is 5.26 Å². The maximum Gasteiger partial charge on any atom is 0.183 e. The van der Waals surface area contributed by atoms with Crippen molar-refractivity contribution >= 4 is 17.6 Å². The SMILES string of the molecule is N#Cc1nccnc1N1C[C@H]2C[C@H]1CS2. The Morgan fingerprint density at radius 3 is 3.00 bits per heavy atom. The monoisotopic (exact) mass is 218 g/mol. The Labute approximate surface area is 92.3 Å². The number of nitrogens with zero attached hydrogens (tertiary/aromatic N) is 4. The number of nitriles is 1. The molecule has 0 spiro atoms. The number of anilines is 1. The highest BCUT2D eigenvalue weighted by Gasteiger charge is 2.40. The lowest BCUT2D eigenvalue weighted by Crippen LogP contribution is -2.35. The van der Waals surface area contributed by atoms with Gasteiger partial charge in [-0.2, -0.15) is 17.0 Å². The zero-order valence-electron chi connectivity index (χ0n) is 8.13. The van der Waals surface area contributed by atoms with Crippen molar-refractivity contribution in [3.63, 3.8) is 0 Å². The number of rotatable bonds is 1. The molecule has 2 atom stereocenters. The van der Waals surface area contributed by atoms with Crippen molar-refractivity contribution in [1.82, 2.24) is 9.97 Å². The van der Waals surface area contributed by atoms with Gasteiger partial charge in [-0.1, -0.05) is 0 Å². The number of hydrogen-bond acceptors (Lipinski definition) is 5. The summed E-state index contributed by atoms with van der Waals surface area (Å²) in [7, 11) is 0. The van der Waals surface area contributed by atoms with Crippen LogP contribution in [0.2, 0.25) is 0 Å². The van der Waals surface area contributed by atoms with E-state index in [9.17, 15) is 0 Å². The fourth-order valence-corrected chi connectivity index (χ4v) is 3.71. The molecule has 2 aliphatic rings. The summed E-state index contributed by atoms with van der Waals surface area (Å²) in [5, 5.41) is 9.69. The van der Waals surface area contributed by atoms with E-state index in [4.69, 9.17) is 5.26 Å². The van der Waals surface area contributed by atoms with E-state index in [1.807, 2.05) is 11.8 Å². The van der Waals surface area contributed by atoms with Crippen LogP contribution in [0.5, 0.6) is 0 Å². The van der Waals surface area contributed by atoms with Gasteiger partial charge in [0.25, 0.3) is 0 Å². The standard InChI is InChI=1S/C10H10N4S/c11-4-9-10(13-2-1-12-9)14-5-8-3-7(14)6-15-8/h1-2,7-8H,3,5-6H2/t7-,8+/m0/s1. The van der Waals surface area contributed by atoms with E-state index in [1.54, 1.807) is 12.4 Å². The zero-order chi connectivity index (χ0) is 10.3. The summed E-state index contributed by atoms with van der Waals surface area (Å²) in [5.41, 5.74) is 0.454. The van der Waals surface area contributed by atoms with Gasteiger partial charge >= 0.3 is 0 Å². The van der Waals surface area contributed by atoms with Crippen LogP contribution in [0.1, 0.15) is 12.1 Å². The number of aromatic nitrogens is 2. The highest BCUT2D eigenvalue weighted by Crippen LogP contribution is 2.39. The molecule has 2 fully saturated rings. The van der Waals surface area contributed by atoms with Crippen LogP contribution in [-0.4, -0.2) is 33.6 Å². The molecule has 76 valence electrons. The van der Waals surface area contributed by atoms with Crippen molar-refractivity contribution in [3.05, 3.63) is 18.1 Å². The highest BCUT2D eigenvalue weighted by molar-refractivity contribution is 8.00. The van der Waals surface area contributed by atoms with E-state index >= 15 is 0 Å². The van der Waals surface area contributed by atoms with Crippen LogP contribution in [0.4, 0.5) is 5.82 Å². The summed E-state index contributed by atoms with van der Waals surface area (Å²) < 4.78 is 0. The van der Waals surface area contributed by atoms with Gasteiger partial charge in [0.2, 0.25) is 0 Å². The smallest absolute Gasteiger partial charge is 0.183 e. The third kappa shape index (κ3) is 1.37. The summed E-state index contributed by atoms with van der Waals surface area (Å²) in [6.45, 7) is 1.02. The maximum absolute atomic E-state index is 8.96. The van der Waals surface area contributed by atoms with Crippen LogP contribution in [0.3, 0.4) is 0 Å². The minimum Gasteiger partial charge on any atom is -0.349 e. The molecule has 0 amide bonds. The Morgan fingerprint density at radius 2 is 2.33 bits per heavy atom. The van der Waals surface area contributed by atoms with Gasteiger partial charge in [-0.25, -0.2) is 9.97 Å². The summed E-state index contributed by atoms with van der Waals surface area (Å²) in [6, 6.07) is 2.67. The largest absolute Gasteiger partial charge is 0.349 e. The normalized spacial score (nSPS) is 28.1. The van der Waals surface area contributed by atoms with Crippen molar-refractivity contribution in [3.8, 4) is 6.07 Å². The molecule has 0 aliphatic carbocycles. The predicted molar refractivity (Wildman–Crippen MR) is 58.7 cm³/mol. The third-order valence-corrected chi connectivity index (χ3v) is 4.35. The number of thioether (sulfide) groups is 1. The molecule has 1 aromatic heterocycles. The molecule has 2 aliphatic heterocycles. The van der Waals surface area contributed by atoms with E-state index < -0.39 is 0 Å². The molecule has 2 saturated heterocycles. The first-order valence-corrected chi connectivity index (χ1v) is 6.02. The van der Waals surface area contributed by atoms with E-state index in [0.717, 1.165) is 23.4 Å². The first-order valence-electron chi connectivity index (χ1n) is 4.98. The summed E-state index contributed by atoms with van der Waals surface area (Å²) in [6.07, 6.45) is 4.46. The van der Waals surface area contributed by atoms with Crippen LogP contribution < -0.4 is 4.90 Å². The first kappa shape index (κ1) is 8.98. The Morgan fingerprint density at radius 1 is 1.47 bits per heavy atom. The van der Waals surface area contributed by atoms with E-state index in [2.05, 4.69) is 20.9 Å². The molecule has 3 rings (SSSR count). The Balaban J connectivity index is 1.97. The topological polar surface area (TPSA) is 52.8 Å². The first-order chi connectivity index (χ1) is 7.38. The van der Waals surface area contributed by atoms with Gasteiger partial charge < -0.3 is 4.90 Å². The second-order valence-corrected chi connectivity index (χ2v) is 5.17. The Bertz CT molecular complexity index is 428. The summed E-state index contributed by atoms with van der Waals surface area (Å²) in [4.78, 5) is 10.6. The van der Waals surface area contributed by atoms with E-state index in [1.165, 1.54) is 6.42 Å². The van der Waals surface area contributed by atoms with Crippen LogP contribution >= 0.6 is 11.8 Å². The molecule has 1 aromatic rings. The zero-order valence-corrected chi connectivity index (χ0v) is 8.94. The predicted octanol–water partition coefficient (Wildman–Crippen LogP) is 1.04. The molecule has 0 aromatic carbocycles. The molecule has 0 unspecified atom stereocenters. The van der Waals surface area contributed by atoms with Crippen molar-refractivity contribution in [2.24, 2.45) is 0 Å². The van der Waals surface area contributed by atoms with Crippen molar-refractivity contribution < 1.29 is 0 Å². The fourth-order valence-electron chi connectivity index (χ4n) is 2.28. The van der Waals surface area contributed by atoms with Gasteiger partial charge in [0.1, 0.15) is 6.07 Å². The summed E-state index contributed by atoms with van der Waals surface area (Å²) >= 11 is 2.03. The quantitative estimate of drug-likeness (QED) is 0.705. The number of hydrogen-bond donors (Lipinski definition) is 0. The second kappa shape index (κ2) is 3.38. The Hall–Kier alpha value is -1.28. The van der Waals surface area contributed by atoms with E-state index in [-0.39, 0.29) is 0 Å². The average Bonchev–Trinajstić information content (AvgIpc) is 2.90. The lowest BCUT2D eigenvalue weighted by atomic mass is 10.2. The minimum atomic E-state index is 0.454. The molecular formula is C10H10N4S. The van der Waals surface area contributed by atoms with Crippen LogP contribution in [-0.2, 0) is 0 Å². The van der Waals surface area contributed by atoms with Crippen molar-refractivity contribution in [2.45, 2.75) is 17.7 Å². The molecule has 3 heterocycles. The number of fused-ring (bicyclic) bond motifs is 2. The van der Waals surface area contributed by atoms with Crippen LogP contribution in [0, 0.1) is 11.3 Å². The van der Waals surface area contributed by atoms with Crippen LogP contribution in [0.25, 0.3) is 0 Å². The minimum absolute atomic E-state index is 0.454. The Kier molecular flexibility index (Phi) is 2.03. The lowest BCUT2D eigenvalue weighted by molar-refractivity contribution is 0.748. The van der Waals surface area contributed by atoms with E-state index in [0.29, 0.717) is 11.7 Å². The van der Waals surface area contributed by atoms with Crippen LogP contribution in [0.15, 0.2) is 12.4 Å². The fraction of sp³-hybridized carbons (Fsp3) is 0.500. The molecule has 0 saturated carbocycles. The average molecular weight is 218 g/mol. The van der Waals surface area contributed by atoms with Gasteiger partial charge in [0, 0.05) is 36.0 Å². The summed E-state index contributed by atoms with van der Waals surface area (Å²) in [5.74, 6) is 1.93. The molecule has 2 bridgehead atoms. The molecular weight excluding hydrogens is 208 g/mol. The van der Waals surface area contributed by atoms with Gasteiger partial charge in [0.05, 0.1) is 0 Å². The third-order valence-electron chi connectivity index (χ3n) is 2.96. The maximum atomic E-state index is 8.96. The van der Waals surface area contributed by atoms with Gasteiger partial charge in [0.15, 0.2) is 11.5 Å². The highest BCUT2D eigenvalue weighted by atomic mass is 32.2. The molecule has 0 radical (unpaired) electrons. The van der Waals surface area contributed by atoms with Gasteiger partial charge in [-0.3, -0.25) is 0 Å². The second-order valence-electron chi connectivity index (χ2n) is 3.84. The van der Waals surface area contributed by atoms with Crippen molar-refractivity contribution in [2.75, 3.05) is 17.2 Å².